The monoisotopic (exact) mass is 346 g/mol. The number of carbonyl (C=O) groups excluding carboxylic acids is 1. The highest BCUT2D eigenvalue weighted by molar-refractivity contribution is 5.82. The maximum Gasteiger partial charge on any atom is 0.223 e. The van der Waals surface area contributed by atoms with Crippen LogP contribution in [-0.2, 0) is 11.2 Å². The van der Waals surface area contributed by atoms with Crippen molar-refractivity contribution in [3.05, 3.63) is 72.1 Å². The predicted octanol–water partition coefficient (Wildman–Crippen LogP) is 3.71. The van der Waals surface area contributed by atoms with Crippen molar-refractivity contribution in [1.82, 2.24) is 20.5 Å². The smallest absolute Gasteiger partial charge is 0.223 e. The molecule has 0 aliphatic heterocycles. The van der Waals surface area contributed by atoms with Gasteiger partial charge in [0.05, 0.1) is 11.7 Å². The van der Waals surface area contributed by atoms with Gasteiger partial charge in [-0.15, -0.1) is 0 Å². The van der Waals surface area contributed by atoms with Crippen LogP contribution in [0, 0.1) is 5.92 Å². The Labute approximate surface area is 152 Å². The van der Waals surface area contributed by atoms with Gasteiger partial charge in [-0.25, -0.2) is 4.98 Å². The molecule has 3 aromatic rings. The van der Waals surface area contributed by atoms with Gasteiger partial charge in [0.15, 0.2) is 5.65 Å². The fourth-order valence-corrected chi connectivity index (χ4v) is 3.53. The number of fused-ring (bicyclic) bond motifs is 1. The van der Waals surface area contributed by atoms with Gasteiger partial charge >= 0.3 is 0 Å². The number of pyridine rings is 1. The van der Waals surface area contributed by atoms with Gasteiger partial charge in [0.2, 0.25) is 5.91 Å². The second-order valence-electron chi connectivity index (χ2n) is 6.74. The number of hydrogen-bond acceptors (Lipinski definition) is 3. The third-order valence-electron chi connectivity index (χ3n) is 4.95. The van der Waals surface area contributed by atoms with E-state index in [0.29, 0.717) is 12.1 Å². The van der Waals surface area contributed by atoms with Crippen molar-refractivity contribution in [2.75, 3.05) is 0 Å². The van der Waals surface area contributed by atoms with E-state index < -0.39 is 0 Å². The zero-order valence-electron chi connectivity index (χ0n) is 14.6. The van der Waals surface area contributed by atoms with Crippen LogP contribution in [-0.4, -0.2) is 21.1 Å². The summed E-state index contributed by atoms with van der Waals surface area (Å²) >= 11 is 0. The van der Waals surface area contributed by atoms with E-state index in [1.807, 2.05) is 30.3 Å². The van der Waals surface area contributed by atoms with Crippen LogP contribution >= 0.6 is 0 Å². The molecule has 1 aliphatic carbocycles. The van der Waals surface area contributed by atoms with Crippen LogP contribution in [0.2, 0.25) is 0 Å². The molecule has 132 valence electrons. The molecule has 0 saturated carbocycles. The normalized spacial score (nSPS) is 17.9. The van der Waals surface area contributed by atoms with Crippen LogP contribution in [0.5, 0.6) is 0 Å². The maximum absolute atomic E-state index is 12.8. The SMILES string of the molecule is O=C(N[C@H](Cc1ccccc1)c1[nH]nc2ncccc12)[C@@H]1CC=CCC1. The van der Waals surface area contributed by atoms with Gasteiger partial charge in [-0.05, 0) is 43.4 Å². The van der Waals surface area contributed by atoms with Gasteiger partial charge < -0.3 is 5.32 Å². The van der Waals surface area contributed by atoms with Crippen molar-refractivity contribution < 1.29 is 4.79 Å². The Bertz CT molecular complexity index is 916. The third kappa shape index (κ3) is 3.52. The molecule has 26 heavy (non-hydrogen) atoms. The maximum atomic E-state index is 12.8. The highest BCUT2D eigenvalue weighted by Crippen LogP contribution is 2.25. The number of amides is 1. The number of aromatic nitrogens is 3. The molecule has 0 spiro atoms. The second kappa shape index (κ2) is 7.52. The molecule has 5 heteroatoms. The number of H-pyrrole nitrogens is 1. The first-order valence-corrected chi connectivity index (χ1v) is 9.09. The van der Waals surface area contributed by atoms with Gasteiger partial charge in [0, 0.05) is 17.5 Å². The molecule has 0 fully saturated rings. The highest BCUT2D eigenvalue weighted by Gasteiger charge is 2.25. The first-order chi connectivity index (χ1) is 12.8. The minimum Gasteiger partial charge on any atom is -0.347 e. The zero-order valence-corrected chi connectivity index (χ0v) is 14.6. The van der Waals surface area contributed by atoms with E-state index in [0.717, 1.165) is 30.3 Å². The van der Waals surface area contributed by atoms with E-state index in [1.165, 1.54) is 5.56 Å². The Morgan fingerprint density at radius 2 is 2.08 bits per heavy atom. The first kappa shape index (κ1) is 16.5. The molecule has 1 aromatic carbocycles. The average Bonchev–Trinajstić information content (AvgIpc) is 3.13. The standard InChI is InChI=1S/C21H22N4O/c26-21(16-10-5-2-6-11-16)23-18(14-15-8-3-1-4-9-15)19-17-12-7-13-22-20(17)25-24-19/h1-5,7-9,12-13,16,18H,6,10-11,14H2,(H,23,26)(H,22,24,25)/t16-,18-/m1/s1. The lowest BCUT2D eigenvalue weighted by atomic mass is 9.92. The first-order valence-electron chi connectivity index (χ1n) is 9.09. The predicted molar refractivity (Wildman–Crippen MR) is 101 cm³/mol. The van der Waals surface area contributed by atoms with E-state index in [2.05, 4.69) is 44.8 Å². The van der Waals surface area contributed by atoms with E-state index in [4.69, 9.17) is 0 Å². The molecule has 2 aromatic heterocycles. The quantitative estimate of drug-likeness (QED) is 0.692. The van der Waals surface area contributed by atoms with Crippen molar-refractivity contribution >= 4 is 16.9 Å². The topological polar surface area (TPSA) is 70.7 Å². The fraction of sp³-hybridized carbons (Fsp3) is 0.286. The lowest BCUT2D eigenvalue weighted by Crippen LogP contribution is -2.35. The second-order valence-corrected chi connectivity index (χ2v) is 6.74. The molecule has 5 nitrogen and oxygen atoms in total. The highest BCUT2D eigenvalue weighted by atomic mass is 16.1. The zero-order chi connectivity index (χ0) is 17.8. The Kier molecular flexibility index (Phi) is 4.78. The summed E-state index contributed by atoms with van der Waals surface area (Å²) in [5.74, 6) is 0.160. The lowest BCUT2D eigenvalue weighted by Gasteiger charge is -2.23. The van der Waals surface area contributed by atoms with E-state index in [1.54, 1.807) is 6.20 Å². The van der Waals surface area contributed by atoms with Crippen molar-refractivity contribution in [2.45, 2.75) is 31.7 Å². The summed E-state index contributed by atoms with van der Waals surface area (Å²) in [5, 5.41) is 11.6. The van der Waals surface area contributed by atoms with Gasteiger partial charge in [0.25, 0.3) is 0 Å². The van der Waals surface area contributed by atoms with Crippen LogP contribution in [0.1, 0.15) is 36.6 Å². The van der Waals surface area contributed by atoms with E-state index in [-0.39, 0.29) is 17.9 Å². The summed E-state index contributed by atoms with van der Waals surface area (Å²) in [5.41, 5.74) is 2.76. The van der Waals surface area contributed by atoms with Crippen molar-refractivity contribution in [3.63, 3.8) is 0 Å². The molecule has 0 unspecified atom stereocenters. The molecule has 0 radical (unpaired) electrons. The average molecular weight is 346 g/mol. The van der Waals surface area contributed by atoms with Gasteiger partial charge in [-0.2, -0.15) is 5.10 Å². The van der Waals surface area contributed by atoms with Gasteiger partial charge in [-0.3, -0.25) is 9.89 Å². The summed E-state index contributed by atoms with van der Waals surface area (Å²) in [7, 11) is 0. The van der Waals surface area contributed by atoms with Crippen LogP contribution in [0.25, 0.3) is 11.0 Å². The van der Waals surface area contributed by atoms with Crippen molar-refractivity contribution in [1.29, 1.82) is 0 Å². The van der Waals surface area contributed by atoms with Crippen LogP contribution in [0.4, 0.5) is 0 Å². The molecular weight excluding hydrogens is 324 g/mol. The van der Waals surface area contributed by atoms with Crippen LogP contribution in [0.15, 0.2) is 60.8 Å². The van der Waals surface area contributed by atoms with Crippen molar-refractivity contribution in [2.24, 2.45) is 5.92 Å². The Balaban J connectivity index is 1.63. The van der Waals surface area contributed by atoms with Crippen LogP contribution in [0.3, 0.4) is 0 Å². The number of nitrogens with one attached hydrogen (secondary N) is 2. The number of benzene rings is 1. The molecule has 0 bridgehead atoms. The Morgan fingerprint density at radius 1 is 1.19 bits per heavy atom. The van der Waals surface area contributed by atoms with E-state index >= 15 is 0 Å². The summed E-state index contributed by atoms with van der Waals surface area (Å²) < 4.78 is 0. The third-order valence-corrected chi connectivity index (χ3v) is 4.95. The molecule has 1 amide bonds. The summed E-state index contributed by atoms with van der Waals surface area (Å²) in [4.78, 5) is 17.1. The summed E-state index contributed by atoms with van der Waals surface area (Å²) in [6, 6.07) is 13.9. The molecule has 1 aliphatic rings. The largest absolute Gasteiger partial charge is 0.347 e. The summed E-state index contributed by atoms with van der Waals surface area (Å²) in [6.45, 7) is 0. The van der Waals surface area contributed by atoms with Crippen LogP contribution < -0.4 is 5.32 Å². The number of hydrogen-bond donors (Lipinski definition) is 2. The molecule has 2 heterocycles. The number of nitrogens with zero attached hydrogens (tertiary/aromatic N) is 2. The summed E-state index contributed by atoms with van der Waals surface area (Å²) in [6.07, 6.45) is 9.39. The molecular formula is C21H22N4O. The minimum atomic E-state index is -0.162. The fourth-order valence-electron chi connectivity index (χ4n) is 3.53. The number of carbonyl (C=O) groups is 1. The van der Waals surface area contributed by atoms with Crippen molar-refractivity contribution in [3.8, 4) is 0 Å². The molecule has 0 saturated heterocycles. The molecule has 2 atom stereocenters. The van der Waals surface area contributed by atoms with Gasteiger partial charge in [-0.1, -0.05) is 42.5 Å². The number of rotatable bonds is 5. The lowest BCUT2D eigenvalue weighted by molar-refractivity contribution is -0.126. The Morgan fingerprint density at radius 3 is 2.88 bits per heavy atom. The molecule has 4 rings (SSSR count). The Hall–Kier alpha value is -2.95. The minimum absolute atomic E-state index is 0.0468. The molecule has 2 N–H and O–H groups in total. The number of allylic oxidation sites excluding steroid dienone is 2. The van der Waals surface area contributed by atoms with Gasteiger partial charge in [0.1, 0.15) is 0 Å². The number of aromatic amines is 1. The van der Waals surface area contributed by atoms with E-state index in [9.17, 15) is 4.79 Å².